The number of anilines is 1. The Kier molecular flexibility index (Phi) is 6.47. The van der Waals surface area contributed by atoms with Crippen LogP contribution in [0.4, 0.5) is 5.69 Å². The van der Waals surface area contributed by atoms with Crippen molar-refractivity contribution in [2.45, 2.75) is 12.8 Å². The van der Waals surface area contributed by atoms with E-state index in [1.165, 1.54) is 0 Å². The van der Waals surface area contributed by atoms with Gasteiger partial charge in [0.1, 0.15) is 0 Å². The number of benzene rings is 1. The zero-order valence-corrected chi connectivity index (χ0v) is 12.2. The van der Waals surface area contributed by atoms with Crippen LogP contribution in [0.25, 0.3) is 0 Å². The highest BCUT2D eigenvalue weighted by atomic mass is 79.9. The number of nitrogens with one attached hydrogen (secondary N) is 2. The molecule has 0 saturated carbocycles. The van der Waals surface area contributed by atoms with Gasteiger partial charge in [-0.05, 0) is 46.7 Å². The molecule has 0 aromatic heterocycles. The summed E-state index contributed by atoms with van der Waals surface area (Å²) < 4.78 is 0.886. The van der Waals surface area contributed by atoms with Gasteiger partial charge in [-0.1, -0.05) is 12.1 Å². The lowest BCUT2D eigenvalue weighted by atomic mass is 10.3. The van der Waals surface area contributed by atoms with Crippen LogP contribution in [0.1, 0.15) is 12.8 Å². The van der Waals surface area contributed by atoms with E-state index in [-0.39, 0.29) is 11.0 Å². The van der Waals surface area contributed by atoms with Crippen molar-refractivity contribution in [2.24, 2.45) is 0 Å². The molecule has 0 heterocycles. The van der Waals surface area contributed by atoms with Crippen molar-refractivity contribution in [1.82, 2.24) is 5.32 Å². The van der Waals surface area contributed by atoms with Crippen molar-refractivity contribution in [3.63, 3.8) is 0 Å². The molecule has 0 aliphatic heterocycles. The van der Waals surface area contributed by atoms with Gasteiger partial charge in [-0.15, -0.1) is 11.6 Å². The van der Waals surface area contributed by atoms with E-state index < -0.39 is 0 Å². The molecule has 92 valence electrons. The summed E-state index contributed by atoms with van der Waals surface area (Å²) in [6, 6.07) is 7.53. The van der Waals surface area contributed by atoms with Gasteiger partial charge >= 0.3 is 0 Å². The van der Waals surface area contributed by atoms with E-state index in [1.54, 1.807) is 0 Å². The molecule has 6 heteroatoms. The van der Waals surface area contributed by atoms with Crippen molar-refractivity contribution in [1.29, 1.82) is 0 Å². The highest BCUT2D eigenvalue weighted by Gasteiger charge is 2.05. The fraction of sp³-hybridized carbons (Fsp3) is 0.273. The summed E-state index contributed by atoms with van der Waals surface area (Å²) in [5.41, 5.74) is 0.815. The molecule has 2 N–H and O–H groups in total. The monoisotopic (exact) mass is 334 g/mol. The predicted molar refractivity (Wildman–Crippen MR) is 78.5 cm³/mol. The Hall–Kier alpha value is -0.650. The summed E-state index contributed by atoms with van der Waals surface area (Å²) in [6.45, 7) is 0. The highest BCUT2D eigenvalue weighted by Crippen LogP contribution is 2.20. The minimum absolute atomic E-state index is 0.129. The standard InChI is InChI=1S/C11H12BrClN2OS/c12-8-4-1-2-5-9(8)14-11(17)15-10(16)6-3-7-13/h1-2,4-5H,3,6-7H2,(H2,14,15,16,17). The Balaban J connectivity index is 2.45. The predicted octanol–water partition coefficient (Wildman–Crippen LogP) is 3.28. The third-order valence-electron chi connectivity index (χ3n) is 1.91. The first kappa shape index (κ1) is 14.4. The quantitative estimate of drug-likeness (QED) is 0.655. The molecule has 1 rings (SSSR count). The Morgan fingerprint density at radius 3 is 2.76 bits per heavy atom. The van der Waals surface area contributed by atoms with Crippen molar-refractivity contribution in [3.05, 3.63) is 28.7 Å². The average molecular weight is 336 g/mol. The number of alkyl halides is 1. The van der Waals surface area contributed by atoms with E-state index in [0.717, 1.165) is 10.2 Å². The molecular weight excluding hydrogens is 324 g/mol. The summed E-state index contributed by atoms with van der Waals surface area (Å²) in [5.74, 6) is 0.341. The maximum atomic E-state index is 11.4. The first-order chi connectivity index (χ1) is 8.13. The Morgan fingerprint density at radius 1 is 1.41 bits per heavy atom. The maximum Gasteiger partial charge on any atom is 0.226 e. The first-order valence-corrected chi connectivity index (χ1v) is 6.78. The van der Waals surface area contributed by atoms with Crippen molar-refractivity contribution < 1.29 is 4.79 Å². The lowest BCUT2D eigenvalue weighted by Gasteiger charge is -2.10. The Morgan fingerprint density at radius 2 is 2.12 bits per heavy atom. The number of carbonyl (C=O) groups excluding carboxylic acids is 1. The molecule has 0 saturated heterocycles. The van der Waals surface area contributed by atoms with Crippen LogP contribution in [-0.4, -0.2) is 16.9 Å². The van der Waals surface area contributed by atoms with Gasteiger partial charge in [0.05, 0.1) is 5.69 Å². The van der Waals surface area contributed by atoms with Crippen molar-refractivity contribution in [2.75, 3.05) is 11.2 Å². The number of carbonyl (C=O) groups is 1. The zero-order chi connectivity index (χ0) is 12.7. The fourth-order valence-electron chi connectivity index (χ4n) is 1.13. The van der Waals surface area contributed by atoms with Gasteiger partial charge in [0.25, 0.3) is 0 Å². The smallest absolute Gasteiger partial charge is 0.226 e. The molecule has 1 aromatic carbocycles. The minimum Gasteiger partial charge on any atom is -0.331 e. The second-order valence-corrected chi connectivity index (χ2v) is 4.92. The van der Waals surface area contributed by atoms with Crippen LogP contribution in [0.3, 0.4) is 0 Å². The lowest BCUT2D eigenvalue weighted by molar-refractivity contribution is -0.119. The molecule has 0 aliphatic carbocycles. The Bertz CT molecular complexity index is 414. The van der Waals surface area contributed by atoms with Gasteiger partial charge in [0.2, 0.25) is 5.91 Å². The van der Waals surface area contributed by atoms with E-state index in [2.05, 4.69) is 26.6 Å². The van der Waals surface area contributed by atoms with E-state index >= 15 is 0 Å². The topological polar surface area (TPSA) is 41.1 Å². The molecule has 0 atom stereocenters. The third kappa shape index (κ3) is 5.48. The van der Waals surface area contributed by atoms with Gasteiger partial charge in [0.15, 0.2) is 5.11 Å². The number of amides is 1. The fourth-order valence-corrected chi connectivity index (χ4v) is 1.87. The summed E-state index contributed by atoms with van der Waals surface area (Å²) in [7, 11) is 0. The van der Waals surface area contributed by atoms with Crippen molar-refractivity contribution >= 4 is 56.5 Å². The molecule has 0 radical (unpaired) electrons. The Labute approximate surface area is 119 Å². The number of hydrogen-bond acceptors (Lipinski definition) is 2. The number of hydrogen-bond donors (Lipinski definition) is 2. The molecule has 0 bridgehead atoms. The van der Waals surface area contributed by atoms with Gasteiger partial charge in [-0.25, -0.2) is 0 Å². The van der Waals surface area contributed by atoms with Crippen LogP contribution in [0.15, 0.2) is 28.7 Å². The summed E-state index contributed by atoms with van der Waals surface area (Å²) in [6.07, 6.45) is 1.02. The van der Waals surface area contributed by atoms with E-state index in [4.69, 9.17) is 23.8 Å². The van der Waals surface area contributed by atoms with Gasteiger partial charge in [-0.3, -0.25) is 4.79 Å². The summed E-state index contributed by atoms with van der Waals surface area (Å²) in [5, 5.41) is 5.82. The second-order valence-electron chi connectivity index (χ2n) is 3.27. The SMILES string of the molecule is O=C(CCCCl)NC(=S)Nc1ccccc1Br. The minimum atomic E-state index is -0.129. The molecular formula is C11H12BrClN2OS. The van der Waals surface area contributed by atoms with Crippen LogP contribution in [0.5, 0.6) is 0 Å². The highest BCUT2D eigenvalue weighted by molar-refractivity contribution is 9.10. The van der Waals surface area contributed by atoms with E-state index in [9.17, 15) is 4.79 Å². The number of thiocarbonyl (C=S) groups is 1. The second kappa shape index (κ2) is 7.63. The summed E-state index contributed by atoms with van der Waals surface area (Å²) >= 11 is 13.9. The van der Waals surface area contributed by atoms with Crippen molar-refractivity contribution in [3.8, 4) is 0 Å². The van der Waals surface area contributed by atoms with Gasteiger partial charge in [-0.2, -0.15) is 0 Å². The van der Waals surface area contributed by atoms with E-state index in [1.807, 2.05) is 24.3 Å². The lowest BCUT2D eigenvalue weighted by Crippen LogP contribution is -2.34. The molecule has 3 nitrogen and oxygen atoms in total. The third-order valence-corrected chi connectivity index (χ3v) is 3.08. The van der Waals surface area contributed by atoms with E-state index in [0.29, 0.717) is 18.7 Å². The molecule has 0 aliphatic rings. The molecule has 1 aromatic rings. The number of halogens is 2. The molecule has 1 amide bonds. The van der Waals surface area contributed by atoms with Crippen LogP contribution in [0.2, 0.25) is 0 Å². The molecule has 0 spiro atoms. The summed E-state index contributed by atoms with van der Waals surface area (Å²) in [4.78, 5) is 11.4. The van der Waals surface area contributed by atoms with Crippen LogP contribution < -0.4 is 10.6 Å². The molecule has 0 fully saturated rings. The zero-order valence-electron chi connectivity index (χ0n) is 9.00. The van der Waals surface area contributed by atoms with Crippen LogP contribution in [-0.2, 0) is 4.79 Å². The maximum absolute atomic E-state index is 11.4. The molecule has 0 unspecified atom stereocenters. The number of para-hydroxylation sites is 1. The largest absolute Gasteiger partial charge is 0.331 e. The van der Waals surface area contributed by atoms with Crippen LogP contribution >= 0.6 is 39.7 Å². The average Bonchev–Trinajstić information content (AvgIpc) is 2.29. The normalized spacial score (nSPS) is 9.76. The first-order valence-electron chi connectivity index (χ1n) is 5.05. The number of rotatable bonds is 4. The van der Waals surface area contributed by atoms with Gasteiger partial charge < -0.3 is 10.6 Å². The molecule has 17 heavy (non-hydrogen) atoms. The van der Waals surface area contributed by atoms with Crippen LogP contribution in [0, 0.1) is 0 Å². The van der Waals surface area contributed by atoms with Gasteiger partial charge in [0, 0.05) is 16.8 Å².